The van der Waals surface area contributed by atoms with Gasteiger partial charge in [-0.05, 0) is 30.7 Å². The molecule has 0 aliphatic carbocycles. The maximum Gasteiger partial charge on any atom is 0.331 e. The first kappa shape index (κ1) is 17.2. The molecule has 0 fully saturated rings. The number of hydrogen-bond acceptors (Lipinski definition) is 6. The standard InChI is InChI=1S/C16H11ClFN3O3S/c1-9-6-14(22)21-16(19-9)25-13(20-21)8-24-15(23)5-3-10-2-4-12(18)11(17)7-10/h2-7H,8H2,1H3/b5-3+. The Kier molecular flexibility index (Phi) is 4.91. The molecule has 0 saturated carbocycles. The van der Waals surface area contributed by atoms with Gasteiger partial charge >= 0.3 is 5.97 Å². The first-order chi connectivity index (χ1) is 11.9. The molecule has 128 valence electrons. The number of rotatable bonds is 4. The van der Waals surface area contributed by atoms with Gasteiger partial charge in [0.2, 0.25) is 4.96 Å². The summed E-state index contributed by atoms with van der Waals surface area (Å²) in [5.74, 6) is -1.13. The second kappa shape index (κ2) is 7.12. The molecule has 0 bridgehead atoms. The van der Waals surface area contributed by atoms with Crippen molar-refractivity contribution in [3.05, 3.63) is 67.8 Å². The summed E-state index contributed by atoms with van der Waals surface area (Å²) in [4.78, 5) is 28.2. The Hall–Kier alpha value is -2.58. The minimum atomic E-state index is -0.601. The van der Waals surface area contributed by atoms with E-state index in [9.17, 15) is 14.0 Å². The van der Waals surface area contributed by atoms with Crippen molar-refractivity contribution >= 4 is 39.9 Å². The van der Waals surface area contributed by atoms with E-state index in [1.807, 2.05) is 0 Å². The Morgan fingerprint density at radius 1 is 1.44 bits per heavy atom. The SMILES string of the molecule is Cc1cc(=O)n2nc(COC(=O)/C=C/c3ccc(F)c(Cl)c3)sc2n1. The highest BCUT2D eigenvalue weighted by Gasteiger charge is 2.09. The minimum Gasteiger partial charge on any atom is -0.455 e. The van der Waals surface area contributed by atoms with Crippen LogP contribution in [0.15, 0.2) is 35.1 Å². The number of benzene rings is 1. The monoisotopic (exact) mass is 379 g/mol. The van der Waals surface area contributed by atoms with Gasteiger partial charge in [0.05, 0.1) is 5.02 Å². The van der Waals surface area contributed by atoms with Gasteiger partial charge in [-0.25, -0.2) is 14.2 Å². The highest BCUT2D eigenvalue weighted by Crippen LogP contribution is 2.17. The molecule has 2 aromatic heterocycles. The van der Waals surface area contributed by atoms with Crippen LogP contribution in [0.1, 0.15) is 16.3 Å². The fraction of sp³-hybridized carbons (Fsp3) is 0.125. The van der Waals surface area contributed by atoms with Crippen molar-refractivity contribution in [1.82, 2.24) is 14.6 Å². The third kappa shape index (κ3) is 4.09. The maximum atomic E-state index is 13.1. The summed E-state index contributed by atoms with van der Waals surface area (Å²) in [5, 5.41) is 4.48. The van der Waals surface area contributed by atoms with Crippen LogP contribution in [0.25, 0.3) is 11.0 Å². The van der Waals surface area contributed by atoms with Crippen molar-refractivity contribution in [1.29, 1.82) is 0 Å². The van der Waals surface area contributed by atoms with E-state index in [0.29, 0.717) is 21.2 Å². The summed E-state index contributed by atoms with van der Waals surface area (Å²) in [6.07, 6.45) is 2.66. The number of carbonyl (C=O) groups is 1. The fourth-order valence-corrected chi connectivity index (χ4v) is 3.03. The van der Waals surface area contributed by atoms with E-state index < -0.39 is 11.8 Å². The molecular formula is C16H11ClFN3O3S. The molecule has 9 heteroatoms. The lowest BCUT2D eigenvalue weighted by Gasteiger charge is -1.98. The van der Waals surface area contributed by atoms with Crippen molar-refractivity contribution in [2.24, 2.45) is 0 Å². The Morgan fingerprint density at radius 3 is 3.00 bits per heavy atom. The molecule has 0 unspecified atom stereocenters. The number of esters is 1. The normalized spacial score (nSPS) is 11.3. The molecule has 6 nitrogen and oxygen atoms in total. The number of hydrogen-bond donors (Lipinski definition) is 0. The zero-order valence-corrected chi connectivity index (χ0v) is 14.5. The zero-order valence-electron chi connectivity index (χ0n) is 12.9. The summed E-state index contributed by atoms with van der Waals surface area (Å²) in [5.41, 5.74) is 0.872. The molecular weight excluding hydrogens is 369 g/mol. The molecule has 0 saturated heterocycles. The van der Waals surface area contributed by atoms with E-state index in [1.54, 1.807) is 6.92 Å². The van der Waals surface area contributed by atoms with Crippen LogP contribution in [-0.4, -0.2) is 20.6 Å². The number of halogens is 2. The minimum absolute atomic E-state index is 0.0294. The van der Waals surface area contributed by atoms with Crippen molar-refractivity contribution < 1.29 is 13.9 Å². The lowest BCUT2D eigenvalue weighted by Crippen LogP contribution is -2.14. The Bertz CT molecular complexity index is 1040. The largest absolute Gasteiger partial charge is 0.455 e. The molecule has 0 amide bonds. The fourth-order valence-electron chi connectivity index (χ4n) is 1.98. The van der Waals surface area contributed by atoms with Gasteiger partial charge in [0.25, 0.3) is 5.56 Å². The van der Waals surface area contributed by atoms with Crippen LogP contribution in [0.5, 0.6) is 0 Å². The second-order valence-corrected chi connectivity index (χ2v) is 6.49. The number of nitrogens with zero attached hydrogens (tertiary/aromatic N) is 3. The van der Waals surface area contributed by atoms with E-state index >= 15 is 0 Å². The van der Waals surface area contributed by atoms with E-state index in [1.165, 1.54) is 47.8 Å². The first-order valence-corrected chi connectivity index (χ1v) is 8.28. The number of fused-ring (bicyclic) bond motifs is 1. The van der Waals surface area contributed by atoms with Crippen LogP contribution in [-0.2, 0) is 16.1 Å². The van der Waals surface area contributed by atoms with Crippen LogP contribution in [0, 0.1) is 12.7 Å². The zero-order chi connectivity index (χ0) is 18.0. The smallest absolute Gasteiger partial charge is 0.331 e. The van der Waals surface area contributed by atoms with Gasteiger partial charge in [-0.1, -0.05) is 29.0 Å². The van der Waals surface area contributed by atoms with E-state index in [2.05, 4.69) is 10.1 Å². The summed E-state index contributed by atoms with van der Waals surface area (Å²) in [6, 6.07) is 5.47. The predicted octanol–water partition coefficient (Wildman–Crippen LogP) is 3.01. The van der Waals surface area contributed by atoms with Crippen LogP contribution >= 0.6 is 22.9 Å². The van der Waals surface area contributed by atoms with E-state index in [-0.39, 0.29) is 17.2 Å². The van der Waals surface area contributed by atoms with Gasteiger partial charge in [-0.15, -0.1) is 0 Å². The topological polar surface area (TPSA) is 73.6 Å². The molecule has 0 N–H and O–H groups in total. The van der Waals surface area contributed by atoms with Gasteiger partial charge in [0.15, 0.2) is 5.01 Å². The second-order valence-electron chi connectivity index (χ2n) is 5.04. The molecule has 0 radical (unpaired) electrons. The van der Waals surface area contributed by atoms with Crippen LogP contribution < -0.4 is 5.56 Å². The first-order valence-electron chi connectivity index (χ1n) is 7.08. The molecule has 25 heavy (non-hydrogen) atoms. The van der Waals surface area contributed by atoms with Crippen LogP contribution in [0.4, 0.5) is 4.39 Å². The van der Waals surface area contributed by atoms with Crippen molar-refractivity contribution in [2.45, 2.75) is 13.5 Å². The molecule has 1 aromatic carbocycles. The Balaban J connectivity index is 1.66. The molecule has 0 atom stereocenters. The van der Waals surface area contributed by atoms with E-state index in [0.717, 1.165) is 4.52 Å². The number of ether oxygens (including phenoxy) is 1. The Morgan fingerprint density at radius 2 is 2.24 bits per heavy atom. The van der Waals surface area contributed by atoms with Gasteiger partial charge in [-0.2, -0.15) is 9.61 Å². The average Bonchev–Trinajstić information content (AvgIpc) is 2.97. The summed E-state index contributed by atoms with van der Waals surface area (Å²) in [7, 11) is 0. The molecule has 0 aliphatic rings. The molecule has 3 rings (SSSR count). The third-order valence-electron chi connectivity index (χ3n) is 3.11. The summed E-state index contributed by atoms with van der Waals surface area (Å²) >= 11 is 6.83. The third-order valence-corrected chi connectivity index (χ3v) is 4.28. The number of aryl methyl sites for hydroxylation is 1. The predicted molar refractivity (Wildman–Crippen MR) is 92.1 cm³/mol. The van der Waals surface area contributed by atoms with Crippen LogP contribution in [0.3, 0.4) is 0 Å². The summed E-state index contributed by atoms with van der Waals surface area (Å²) in [6.45, 7) is 1.63. The lowest BCUT2D eigenvalue weighted by atomic mass is 10.2. The maximum absolute atomic E-state index is 13.1. The van der Waals surface area contributed by atoms with Gasteiger partial charge < -0.3 is 4.74 Å². The van der Waals surface area contributed by atoms with Gasteiger partial charge in [0.1, 0.15) is 12.4 Å². The quantitative estimate of drug-likeness (QED) is 0.514. The lowest BCUT2D eigenvalue weighted by molar-refractivity contribution is -0.138. The molecule has 2 heterocycles. The highest BCUT2D eigenvalue weighted by molar-refractivity contribution is 7.16. The molecule has 3 aromatic rings. The number of aromatic nitrogens is 3. The van der Waals surface area contributed by atoms with Crippen molar-refractivity contribution in [3.63, 3.8) is 0 Å². The van der Waals surface area contributed by atoms with Gasteiger partial charge in [0, 0.05) is 17.8 Å². The Labute approximate surface area is 150 Å². The number of carbonyl (C=O) groups excluding carboxylic acids is 1. The highest BCUT2D eigenvalue weighted by atomic mass is 35.5. The summed E-state index contributed by atoms with van der Waals surface area (Å²) < 4.78 is 19.3. The van der Waals surface area contributed by atoms with Crippen molar-refractivity contribution in [3.8, 4) is 0 Å². The van der Waals surface area contributed by atoms with Crippen molar-refractivity contribution in [2.75, 3.05) is 0 Å². The molecule has 0 spiro atoms. The molecule has 0 aliphatic heterocycles. The average molecular weight is 380 g/mol. The van der Waals surface area contributed by atoms with Crippen LogP contribution in [0.2, 0.25) is 5.02 Å². The van der Waals surface area contributed by atoms with E-state index in [4.69, 9.17) is 16.3 Å². The van der Waals surface area contributed by atoms with Gasteiger partial charge in [-0.3, -0.25) is 4.79 Å².